The molecular formula is C20H15ClN4. The number of hydrogen-bond acceptors (Lipinski definition) is 2. The Morgan fingerprint density at radius 3 is 2.60 bits per heavy atom. The van der Waals surface area contributed by atoms with Gasteiger partial charge in [0.05, 0.1) is 23.1 Å². The molecule has 0 bridgehead atoms. The fourth-order valence-electron chi connectivity index (χ4n) is 2.55. The van der Waals surface area contributed by atoms with E-state index in [1.54, 1.807) is 6.34 Å². The molecule has 2 N–H and O–H groups in total. The van der Waals surface area contributed by atoms with Crippen LogP contribution in [0.3, 0.4) is 0 Å². The van der Waals surface area contributed by atoms with Crippen LogP contribution in [0, 0.1) is 0 Å². The predicted molar refractivity (Wildman–Crippen MR) is 105 cm³/mol. The summed E-state index contributed by atoms with van der Waals surface area (Å²) >= 11 is 5.95. The van der Waals surface area contributed by atoms with Gasteiger partial charge in [-0.3, -0.25) is 0 Å². The summed E-state index contributed by atoms with van der Waals surface area (Å²) < 4.78 is 0. The number of hydrogen-bond donors (Lipinski definition) is 2. The Kier molecular flexibility index (Phi) is 4.19. The lowest BCUT2D eigenvalue weighted by Crippen LogP contribution is -1.93. The van der Waals surface area contributed by atoms with Crippen LogP contribution in [0.2, 0.25) is 5.02 Å². The number of rotatable bonds is 4. The highest BCUT2D eigenvalue weighted by Crippen LogP contribution is 2.23. The monoisotopic (exact) mass is 346 g/mol. The first-order valence-corrected chi connectivity index (χ1v) is 8.25. The van der Waals surface area contributed by atoms with Gasteiger partial charge in [-0.1, -0.05) is 29.8 Å². The van der Waals surface area contributed by atoms with Crippen molar-refractivity contribution in [3.63, 3.8) is 0 Å². The van der Waals surface area contributed by atoms with E-state index in [9.17, 15) is 0 Å². The van der Waals surface area contributed by atoms with E-state index >= 15 is 0 Å². The van der Waals surface area contributed by atoms with Crippen LogP contribution in [0.15, 0.2) is 77.8 Å². The lowest BCUT2D eigenvalue weighted by molar-refractivity contribution is 1.33. The van der Waals surface area contributed by atoms with Crippen LogP contribution in [0.5, 0.6) is 0 Å². The Morgan fingerprint density at radius 2 is 1.80 bits per heavy atom. The molecule has 5 heteroatoms. The molecular weight excluding hydrogens is 332 g/mol. The Balaban J connectivity index is 1.49. The highest BCUT2D eigenvalue weighted by Gasteiger charge is 2.04. The van der Waals surface area contributed by atoms with Gasteiger partial charge in [-0.15, -0.1) is 0 Å². The number of aliphatic imine (C=N–C) groups is 1. The van der Waals surface area contributed by atoms with E-state index in [0.717, 1.165) is 33.8 Å². The predicted octanol–water partition coefficient (Wildman–Crippen LogP) is 5.66. The fraction of sp³-hybridized carbons (Fsp3) is 0. The highest BCUT2D eigenvalue weighted by molar-refractivity contribution is 6.30. The van der Waals surface area contributed by atoms with Gasteiger partial charge in [0.1, 0.15) is 5.82 Å². The zero-order valence-electron chi connectivity index (χ0n) is 13.3. The second-order valence-corrected chi connectivity index (χ2v) is 6.00. The normalized spacial score (nSPS) is 11.2. The Hall–Kier alpha value is -3.11. The summed E-state index contributed by atoms with van der Waals surface area (Å²) in [7, 11) is 0. The maximum absolute atomic E-state index is 5.95. The molecule has 0 aliphatic rings. The van der Waals surface area contributed by atoms with Crippen molar-refractivity contribution in [2.45, 2.75) is 0 Å². The minimum Gasteiger partial charge on any atom is -0.346 e. The van der Waals surface area contributed by atoms with Gasteiger partial charge in [0.25, 0.3) is 0 Å². The second kappa shape index (κ2) is 6.79. The van der Waals surface area contributed by atoms with Gasteiger partial charge in [-0.2, -0.15) is 0 Å². The van der Waals surface area contributed by atoms with Crippen LogP contribution >= 0.6 is 11.6 Å². The van der Waals surface area contributed by atoms with Gasteiger partial charge in [0.2, 0.25) is 0 Å². The average molecular weight is 347 g/mol. The number of benzene rings is 3. The molecule has 4 rings (SSSR count). The molecule has 0 saturated heterocycles. The number of H-pyrrole nitrogens is 1. The zero-order valence-corrected chi connectivity index (χ0v) is 14.0. The van der Waals surface area contributed by atoms with Crippen molar-refractivity contribution in [2.24, 2.45) is 4.99 Å². The Bertz CT molecular complexity index is 1000. The van der Waals surface area contributed by atoms with Crippen LogP contribution in [0.25, 0.3) is 22.4 Å². The van der Waals surface area contributed by atoms with Gasteiger partial charge in [-0.05, 0) is 54.6 Å². The van der Waals surface area contributed by atoms with Crippen LogP contribution in [-0.2, 0) is 0 Å². The molecule has 0 radical (unpaired) electrons. The van der Waals surface area contributed by atoms with Gasteiger partial charge in [0, 0.05) is 16.3 Å². The first-order chi connectivity index (χ1) is 12.3. The first-order valence-electron chi connectivity index (χ1n) is 7.88. The minimum atomic E-state index is 0.689. The van der Waals surface area contributed by atoms with E-state index in [1.807, 2.05) is 72.8 Å². The van der Waals surface area contributed by atoms with E-state index < -0.39 is 0 Å². The van der Waals surface area contributed by atoms with Crippen LogP contribution in [-0.4, -0.2) is 16.3 Å². The minimum absolute atomic E-state index is 0.689. The number of fused-ring (bicyclic) bond motifs is 1. The van der Waals surface area contributed by atoms with Gasteiger partial charge in [0.15, 0.2) is 0 Å². The molecule has 0 amide bonds. The van der Waals surface area contributed by atoms with E-state index in [2.05, 4.69) is 20.3 Å². The number of para-hydroxylation sites is 2. The number of nitrogens with one attached hydrogen (secondary N) is 2. The summed E-state index contributed by atoms with van der Waals surface area (Å²) in [6.07, 6.45) is 1.65. The summed E-state index contributed by atoms with van der Waals surface area (Å²) in [5.41, 5.74) is 4.78. The molecule has 3 aromatic carbocycles. The van der Waals surface area contributed by atoms with Crippen LogP contribution in [0.4, 0.5) is 11.4 Å². The smallest absolute Gasteiger partial charge is 0.138 e. The van der Waals surface area contributed by atoms with Gasteiger partial charge >= 0.3 is 0 Å². The third-order valence-corrected chi connectivity index (χ3v) is 4.03. The third-order valence-electron chi connectivity index (χ3n) is 3.80. The third kappa shape index (κ3) is 3.54. The van der Waals surface area contributed by atoms with Gasteiger partial charge < -0.3 is 10.3 Å². The van der Waals surface area contributed by atoms with Crippen LogP contribution in [0.1, 0.15) is 0 Å². The lowest BCUT2D eigenvalue weighted by Gasteiger charge is -2.01. The molecule has 122 valence electrons. The molecule has 0 spiro atoms. The van der Waals surface area contributed by atoms with Crippen molar-refractivity contribution in [3.8, 4) is 11.4 Å². The highest BCUT2D eigenvalue weighted by atomic mass is 35.5. The SMILES string of the molecule is Clc1cccc(NC=Nc2ccc(-c3nc4ccccc4[nH]3)cc2)c1. The Labute approximate surface area is 150 Å². The molecule has 0 saturated carbocycles. The standard InChI is InChI=1S/C20H15ClN4/c21-15-4-3-5-17(12-15)23-13-22-16-10-8-14(9-11-16)20-24-18-6-1-2-7-19(18)25-20/h1-13H,(H,22,23)(H,24,25). The van der Waals surface area contributed by atoms with Crippen molar-refractivity contribution >= 4 is 40.3 Å². The average Bonchev–Trinajstić information content (AvgIpc) is 3.06. The molecule has 1 heterocycles. The number of nitrogens with zero attached hydrogens (tertiary/aromatic N) is 2. The number of aromatic nitrogens is 2. The molecule has 4 aromatic rings. The summed E-state index contributed by atoms with van der Waals surface area (Å²) in [6.45, 7) is 0. The largest absolute Gasteiger partial charge is 0.346 e. The Morgan fingerprint density at radius 1 is 0.960 bits per heavy atom. The van der Waals surface area contributed by atoms with E-state index in [0.29, 0.717) is 5.02 Å². The van der Waals surface area contributed by atoms with E-state index in [-0.39, 0.29) is 0 Å². The molecule has 0 fully saturated rings. The molecule has 0 aliphatic heterocycles. The summed E-state index contributed by atoms with van der Waals surface area (Å²) in [5, 5.41) is 3.79. The molecule has 0 atom stereocenters. The van der Waals surface area contributed by atoms with Crippen molar-refractivity contribution < 1.29 is 0 Å². The topological polar surface area (TPSA) is 53.1 Å². The number of anilines is 1. The zero-order chi connectivity index (χ0) is 17.1. The quantitative estimate of drug-likeness (QED) is 0.370. The lowest BCUT2D eigenvalue weighted by atomic mass is 10.2. The molecule has 25 heavy (non-hydrogen) atoms. The van der Waals surface area contributed by atoms with Gasteiger partial charge in [-0.25, -0.2) is 9.98 Å². The van der Waals surface area contributed by atoms with Crippen molar-refractivity contribution in [2.75, 3.05) is 5.32 Å². The summed E-state index contributed by atoms with van der Waals surface area (Å²) in [6, 6.07) is 23.4. The molecule has 4 nitrogen and oxygen atoms in total. The van der Waals surface area contributed by atoms with Crippen molar-refractivity contribution in [3.05, 3.63) is 77.8 Å². The van der Waals surface area contributed by atoms with E-state index in [4.69, 9.17) is 11.6 Å². The maximum atomic E-state index is 5.95. The second-order valence-electron chi connectivity index (χ2n) is 5.56. The van der Waals surface area contributed by atoms with E-state index in [1.165, 1.54) is 0 Å². The number of aromatic amines is 1. The molecule has 1 aromatic heterocycles. The molecule has 0 aliphatic carbocycles. The molecule has 0 unspecified atom stereocenters. The maximum Gasteiger partial charge on any atom is 0.138 e. The summed E-state index contributed by atoms with van der Waals surface area (Å²) in [5.74, 6) is 0.855. The van der Waals surface area contributed by atoms with Crippen LogP contribution < -0.4 is 5.32 Å². The van der Waals surface area contributed by atoms with Crippen molar-refractivity contribution in [1.29, 1.82) is 0 Å². The fourth-order valence-corrected chi connectivity index (χ4v) is 2.74. The van der Waals surface area contributed by atoms with Crippen molar-refractivity contribution in [1.82, 2.24) is 9.97 Å². The number of halogens is 1. The first kappa shape index (κ1) is 15.4. The number of imidazole rings is 1. The summed E-state index contributed by atoms with van der Waals surface area (Å²) in [4.78, 5) is 12.3.